The Balaban J connectivity index is 1.69. The molecule has 1 saturated heterocycles. The van der Waals surface area contributed by atoms with Crippen molar-refractivity contribution < 1.29 is 14.3 Å². The van der Waals surface area contributed by atoms with Gasteiger partial charge in [-0.05, 0) is 43.6 Å². The van der Waals surface area contributed by atoms with Crippen LogP contribution in [-0.2, 0) is 14.3 Å². The molecule has 0 spiro atoms. The zero-order chi connectivity index (χ0) is 20.5. The van der Waals surface area contributed by atoms with E-state index in [4.69, 9.17) is 12.2 Å². The van der Waals surface area contributed by atoms with Gasteiger partial charge in [0.2, 0.25) is 5.91 Å². The summed E-state index contributed by atoms with van der Waals surface area (Å²) in [5.74, 6) is -0.199. The molecule has 2 N–H and O–H groups in total. The van der Waals surface area contributed by atoms with Crippen LogP contribution in [0, 0.1) is 13.8 Å². The number of hydrogen-bond donors (Lipinski definition) is 2. The highest BCUT2D eigenvalue weighted by Crippen LogP contribution is 2.19. The number of amides is 1. The molecule has 8 heteroatoms. The zero-order valence-electron chi connectivity index (χ0n) is 16.9. The summed E-state index contributed by atoms with van der Waals surface area (Å²) in [6.45, 7) is 8.14. The van der Waals surface area contributed by atoms with Crippen LogP contribution in [0.25, 0.3) is 0 Å². The zero-order valence-corrected chi connectivity index (χ0v) is 17.7. The quantitative estimate of drug-likeness (QED) is 0.405. The minimum atomic E-state index is -0.208. The molecule has 1 aromatic carbocycles. The lowest BCUT2D eigenvalue weighted by Crippen LogP contribution is -2.53. The summed E-state index contributed by atoms with van der Waals surface area (Å²) in [5, 5.41) is 6.92. The monoisotopic (exact) mass is 406 g/mol. The normalized spacial score (nSPS) is 14.5. The summed E-state index contributed by atoms with van der Waals surface area (Å²) in [7, 11) is 1.39. The molecular formula is C20H30N4O3S. The van der Waals surface area contributed by atoms with E-state index >= 15 is 0 Å². The van der Waals surface area contributed by atoms with Crippen molar-refractivity contribution in [2.24, 2.45) is 0 Å². The first-order valence-corrected chi connectivity index (χ1v) is 9.99. The van der Waals surface area contributed by atoms with Gasteiger partial charge < -0.3 is 20.3 Å². The third kappa shape index (κ3) is 6.76. The largest absolute Gasteiger partial charge is 0.469 e. The first-order valence-electron chi connectivity index (χ1n) is 9.58. The van der Waals surface area contributed by atoms with E-state index in [0.717, 1.165) is 43.0 Å². The number of aryl methyl sites for hydroxylation is 2. The fourth-order valence-corrected chi connectivity index (χ4v) is 3.43. The van der Waals surface area contributed by atoms with Crippen LogP contribution in [0.15, 0.2) is 18.2 Å². The number of thiocarbonyl (C=S) groups is 1. The van der Waals surface area contributed by atoms with E-state index in [1.165, 1.54) is 7.11 Å². The topological polar surface area (TPSA) is 73.9 Å². The van der Waals surface area contributed by atoms with Gasteiger partial charge in [0.15, 0.2) is 5.11 Å². The maximum Gasteiger partial charge on any atom is 0.305 e. The standard InChI is InChI=1S/C20H30N4O3S/c1-15-6-4-7-16(2)19(15)22-17(25)14-23-10-12-24(13-11-23)20(28)21-9-5-8-18(26)27-3/h4,6-7H,5,8-14H2,1-3H3,(H,21,28)(H,22,25). The van der Waals surface area contributed by atoms with E-state index in [1.54, 1.807) is 0 Å². The Labute approximate surface area is 172 Å². The second-order valence-corrected chi connectivity index (χ2v) is 7.38. The van der Waals surface area contributed by atoms with Crippen molar-refractivity contribution in [2.75, 3.05) is 51.7 Å². The highest BCUT2D eigenvalue weighted by atomic mass is 32.1. The molecule has 1 aliphatic heterocycles. The number of hydrogen-bond acceptors (Lipinski definition) is 5. The van der Waals surface area contributed by atoms with Gasteiger partial charge in [0, 0.05) is 44.8 Å². The lowest BCUT2D eigenvalue weighted by molar-refractivity contribution is -0.140. The molecule has 0 unspecified atom stereocenters. The Morgan fingerprint density at radius 3 is 2.39 bits per heavy atom. The molecule has 7 nitrogen and oxygen atoms in total. The molecular weight excluding hydrogens is 376 g/mol. The molecule has 0 atom stereocenters. The molecule has 0 aliphatic carbocycles. The minimum absolute atomic E-state index is 0.00867. The van der Waals surface area contributed by atoms with Crippen molar-refractivity contribution >= 4 is 34.9 Å². The van der Waals surface area contributed by atoms with Crippen molar-refractivity contribution in [3.63, 3.8) is 0 Å². The Bertz CT molecular complexity index is 682. The number of nitrogens with one attached hydrogen (secondary N) is 2. The van der Waals surface area contributed by atoms with Crippen molar-refractivity contribution in [2.45, 2.75) is 26.7 Å². The third-order valence-electron chi connectivity index (χ3n) is 4.83. The molecule has 1 aromatic rings. The SMILES string of the molecule is COC(=O)CCCNC(=S)N1CCN(CC(=O)Nc2c(C)cccc2C)CC1. The predicted octanol–water partition coefficient (Wildman–Crippen LogP) is 1.69. The fourth-order valence-electron chi connectivity index (χ4n) is 3.14. The summed E-state index contributed by atoms with van der Waals surface area (Å²) in [4.78, 5) is 27.8. The maximum atomic E-state index is 12.4. The molecule has 2 rings (SSSR count). The van der Waals surface area contributed by atoms with Crippen molar-refractivity contribution in [1.29, 1.82) is 0 Å². The molecule has 154 valence electrons. The average molecular weight is 407 g/mol. The number of ether oxygens (including phenoxy) is 1. The summed E-state index contributed by atoms with van der Waals surface area (Å²) in [5.41, 5.74) is 3.05. The molecule has 0 aromatic heterocycles. The highest BCUT2D eigenvalue weighted by molar-refractivity contribution is 7.80. The van der Waals surface area contributed by atoms with Gasteiger partial charge in [-0.25, -0.2) is 0 Å². The molecule has 1 fully saturated rings. The Kier molecular flexibility index (Phi) is 8.66. The highest BCUT2D eigenvalue weighted by Gasteiger charge is 2.21. The van der Waals surface area contributed by atoms with Crippen LogP contribution in [0.4, 0.5) is 5.69 Å². The van der Waals surface area contributed by atoms with Crippen LogP contribution >= 0.6 is 12.2 Å². The number of rotatable bonds is 7. The van der Waals surface area contributed by atoms with Gasteiger partial charge in [-0.15, -0.1) is 0 Å². The van der Waals surface area contributed by atoms with Gasteiger partial charge in [-0.3, -0.25) is 14.5 Å². The lowest BCUT2D eigenvalue weighted by atomic mass is 10.1. The van der Waals surface area contributed by atoms with E-state index in [9.17, 15) is 9.59 Å². The van der Waals surface area contributed by atoms with E-state index in [0.29, 0.717) is 31.0 Å². The predicted molar refractivity (Wildman–Crippen MR) is 114 cm³/mol. The second-order valence-electron chi connectivity index (χ2n) is 6.99. The maximum absolute atomic E-state index is 12.4. The average Bonchev–Trinajstić information content (AvgIpc) is 2.68. The Morgan fingerprint density at radius 2 is 1.79 bits per heavy atom. The number of esters is 1. The molecule has 1 heterocycles. The molecule has 0 bridgehead atoms. The van der Waals surface area contributed by atoms with Gasteiger partial charge in [0.05, 0.1) is 13.7 Å². The molecule has 0 saturated carbocycles. The Morgan fingerprint density at radius 1 is 1.14 bits per heavy atom. The first kappa shape index (κ1) is 22.1. The smallest absolute Gasteiger partial charge is 0.305 e. The van der Waals surface area contributed by atoms with E-state index in [1.807, 2.05) is 32.0 Å². The second kappa shape index (κ2) is 11.0. The van der Waals surface area contributed by atoms with E-state index in [-0.39, 0.29) is 11.9 Å². The van der Waals surface area contributed by atoms with Gasteiger partial charge in [0.25, 0.3) is 0 Å². The van der Waals surface area contributed by atoms with Crippen molar-refractivity contribution in [3.8, 4) is 0 Å². The summed E-state index contributed by atoms with van der Waals surface area (Å²) < 4.78 is 4.62. The summed E-state index contributed by atoms with van der Waals surface area (Å²) in [6, 6.07) is 5.99. The minimum Gasteiger partial charge on any atom is -0.469 e. The van der Waals surface area contributed by atoms with Gasteiger partial charge in [-0.1, -0.05) is 18.2 Å². The summed E-state index contributed by atoms with van der Waals surface area (Å²) >= 11 is 5.42. The van der Waals surface area contributed by atoms with Gasteiger partial charge >= 0.3 is 5.97 Å². The Hall–Kier alpha value is -2.19. The fraction of sp³-hybridized carbons (Fsp3) is 0.550. The van der Waals surface area contributed by atoms with Crippen molar-refractivity contribution in [3.05, 3.63) is 29.3 Å². The first-order chi connectivity index (χ1) is 13.4. The number of anilines is 1. The number of benzene rings is 1. The van der Waals surface area contributed by atoms with Crippen LogP contribution < -0.4 is 10.6 Å². The molecule has 28 heavy (non-hydrogen) atoms. The van der Waals surface area contributed by atoms with E-state index in [2.05, 4.69) is 25.2 Å². The number of carbonyl (C=O) groups is 2. The summed E-state index contributed by atoms with van der Waals surface area (Å²) in [6.07, 6.45) is 1.07. The lowest BCUT2D eigenvalue weighted by Gasteiger charge is -2.35. The molecule has 1 amide bonds. The van der Waals surface area contributed by atoms with E-state index < -0.39 is 0 Å². The van der Waals surface area contributed by atoms with Gasteiger partial charge in [0.1, 0.15) is 0 Å². The van der Waals surface area contributed by atoms with Crippen LogP contribution in [0.5, 0.6) is 0 Å². The molecule has 1 aliphatic rings. The van der Waals surface area contributed by atoms with Crippen LogP contribution in [0.1, 0.15) is 24.0 Å². The number of para-hydroxylation sites is 1. The molecule has 0 radical (unpaired) electrons. The van der Waals surface area contributed by atoms with Crippen LogP contribution in [0.3, 0.4) is 0 Å². The number of nitrogens with zero attached hydrogens (tertiary/aromatic N) is 2. The van der Waals surface area contributed by atoms with Crippen molar-refractivity contribution in [1.82, 2.24) is 15.1 Å². The number of piperazine rings is 1. The van der Waals surface area contributed by atoms with Crippen LogP contribution in [-0.4, -0.2) is 73.2 Å². The van der Waals surface area contributed by atoms with Gasteiger partial charge in [-0.2, -0.15) is 0 Å². The number of carbonyl (C=O) groups excluding carboxylic acids is 2. The van der Waals surface area contributed by atoms with Crippen LogP contribution in [0.2, 0.25) is 0 Å². The third-order valence-corrected chi connectivity index (χ3v) is 5.24. The number of methoxy groups -OCH3 is 1.